The Morgan fingerprint density at radius 3 is 2.64 bits per heavy atom. The number of carbonyl (C=O) groups excluding carboxylic acids is 2. The van der Waals surface area contributed by atoms with Crippen LogP contribution in [0.2, 0.25) is 0 Å². The molecule has 1 aromatic heterocycles. The number of fused-ring (bicyclic) bond motifs is 1. The first kappa shape index (κ1) is 22.8. The Balaban J connectivity index is 1.47. The van der Waals surface area contributed by atoms with Gasteiger partial charge >= 0.3 is 0 Å². The molecule has 3 aromatic rings. The summed E-state index contributed by atoms with van der Waals surface area (Å²) in [7, 11) is 0. The summed E-state index contributed by atoms with van der Waals surface area (Å²) in [5, 5.41) is 10.8. The van der Waals surface area contributed by atoms with Crippen LogP contribution in [0.4, 0.5) is 0 Å². The Hall–Kier alpha value is -3.41. The second-order valence-corrected chi connectivity index (χ2v) is 9.21. The molecule has 4 rings (SSSR count). The molecule has 6 nitrogen and oxygen atoms in total. The van der Waals surface area contributed by atoms with Crippen molar-refractivity contribution in [2.75, 3.05) is 0 Å². The third kappa shape index (κ3) is 5.33. The fourth-order valence-corrected chi connectivity index (χ4v) is 4.47. The van der Waals surface area contributed by atoms with Gasteiger partial charge in [0.1, 0.15) is 6.04 Å². The summed E-state index contributed by atoms with van der Waals surface area (Å²) < 4.78 is 2.04. The van der Waals surface area contributed by atoms with E-state index < -0.39 is 6.04 Å². The predicted octanol–water partition coefficient (Wildman–Crippen LogP) is 4.19. The van der Waals surface area contributed by atoms with Crippen molar-refractivity contribution in [1.82, 2.24) is 20.4 Å². The highest BCUT2D eigenvalue weighted by molar-refractivity contribution is 5.97. The summed E-state index contributed by atoms with van der Waals surface area (Å²) in [5.74, 6) is -0.421. The largest absolute Gasteiger partial charge is 0.347 e. The van der Waals surface area contributed by atoms with Gasteiger partial charge in [0, 0.05) is 16.8 Å². The Bertz CT molecular complexity index is 1120. The molecule has 2 amide bonds. The van der Waals surface area contributed by atoms with Gasteiger partial charge in [0.2, 0.25) is 5.91 Å². The second kappa shape index (κ2) is 10.0. The monoisotopic (exact) mass is 444 g/mol. The van der Waals surface area contributed by atoms with Crippen LogP contribution in [0.3, 0.4) is 0 Å². The molecule has 0 spiro atoms. The molecule has 1 aliphatic carbocycles. The number of carbonyl (C=O) groups is 2. The Morgan fingerprint density at radius 2 is 1.91 bits per heavy atom. The maximum Gasteiger partial charge on any atom is 0.251 e. The van der Waals surface area contributed by atoms with Crippen LogP contribution < -0.4 is 10.6 Å². The van der Waals surface area contributed by atoms with Crippen molar-refractivity contribution in [1.29, 1.82) is 0 Å². The molecular weight excluding hydrogens is 412 g/mol. The summed E-state index contributed by atoms with van der Waals surface area (Å²) >= 11 is 0. The Kier molecular flexibility index (Phi) is 6.92. The highest BCUT2D eigenvalue weighted by Gasteiger charge is 2.30. The van der Waals surface area contributed by atoms with Gasteiger partial charge in [-0.05, 0) is 49.8 Å². The Morgan fingerprint density at radius 1 is 1.12 bits per heavy atom. The number of amides is 2. The lowest BCUT2D eigenvalue weighted by Crippen LogP contribution is -2.50. The van der Waals surface area contributed by atoms with E-state index in [-0.39, 0.29) is 23.8 Å². The lowest BCUT2D eigenvalue weighted by molar-refractivity contribution is -0.124. The lowest BCUT2D eigenvalue weighted by atomic mass is 9.92. The average Bonchev–Trinajstić information content (AvgIpc) is 3.21. The summed E-state index contributed by atoms with van der Waals surface area (Å²) in [4.78, 5) is 26.0. The fourth-order valence-electron chi connectivity index (χ4n) is 4.47. The van der Waals surface area contributed by atoms with Crippen LogP contribution in [-0.4, -0.2) is 27.6 Å². The first-order valence-corrected chi connectivity index (χ1v) is 11.7. The molecule has 2 N–H and O–H groups in total. The fraction of sp³-hybridized carbons (Fsp3) is 0.370. The number of hydrogen-bond acceptors (Lipinski definition) is 3. The first-order valence-electron chi connectivity index (χ1n) is 11.7. The number of nitrogens with zero attached hydrogens (tertiary/aromatic N) is 2. The van der Waals surface area contributed by atoms with Gasteiger partial charge in [-0.3, -0.25) is 14.3 Å². The molecule has 0 aliphatic heterocycles. The summed E-state index contributed by atoms with van der Waals surface area (Å²) in [6, 6.07) is 17.0. The minimum Gasteiger partial charge on any atom is -0.347 e. The van der Waals surface area contributed by atoms with E-state index in [1.54, 1.807) is 6.07 Å². The molecule has 2 aromatic carbocycles. The quantitative estimate of drug-likeness (QED) is 0.574. The lowest BCUT2D eigenvalue weighted by Gasteiger charge is -2.28. The number of nitrogens with one attached hydrogen (secondary N) is 2. The van der Waals surface area contributed by atoms with Crippen molar-refractivity contribution < 1.29 is 9.59 Å². The van der Waals surface area contributed by atoms with Crippen molar-refractivity contribution in [3.63, 3.8) is 0 Å². The van der Waals surface area contributed by atoms with E-state index in [4.69, 9.17) is 0 Å². The Labute approximate surface area is 195 Å². The van der Waals surface area contributed by atoms with Gasteiger partial charge in [-0.1, -0.05) is 61.9 Å². The SMILES string of the molecule is Cc1cccc(C(=O)NC(C(=O)NC2CCCc3c2cnn3Cc2ccccc2)C(C)C)c1. The predicted molar refractivity (Wildman–Crippen MR) is 129 cm³/mol. The van der Waals surface area contributed by atoms with Gasteiger partial charge in [0.05, 0.1) is 18.8 Å². The zero-order valence-corrected chi connectivity index (χ0v) is 19.5. The molecule has 1 aliphatic rings. The standard InChI is InChI=1S/C27H32N4O2/c1-18(2)25(30-26(32)21-12-7-9-19(3)15-21)27(33)29-23-13-8-14-24-22(23)16-28-31(24)17-20-10-5-4-6-11-20/h4-7,9-12,15-16,18,23,25H,8,13-14,17H2,1-3H3,(H,29,33)(H,30,32). The number of aromatic nitrogens is 2. The maximum atomic E-state index is 13.2. The molecule has 6 heteroatoms. The molecular formula is C27H32N4O2. The van der Waals surface area contributed by atoms with Crippen molar-refractivity contribution in [2.24, 2.45) is 5.92 Å². The summed E-state index contributed by atoms with van der Waals surface area (Å²) in [6.07, 6.45) is 4.69. The molecule has 2 atom stereocenters. The minimum absolute atomic E-state index is 0.0392. The number of aryl methyl sites for hydroxylation is 1. The zero-order chi connectivity index (χ0) is 23.4. The molecule has 0 saturated heterocycles. The van der Waals surface area contributed by atoms with Crippen LogP contribution in [0.25, 0.3) is 0 Å². The van der Waals surface area contributed by atoms with Gasteiger partial charge in [-0.15, -0.1) is 0 Å². The molecule has 2 unspecified atom stereocenters. The third-order valence-electron chi connectivity index (χ3n) is 6.27. The van der Waals surface area contributed by atoms with Gasteiger partial charge in [0.15, 0.2) is 0 Å². The zero-order valence-electron chi connectivity index (χ0n) is 19.5. The summed E-state index contributed by atoms with van der Waals surface area (Å²) in [5.41, 5.74) is 5.04. The van der Waals surface area contributed by atoms with E-state index in [9.17, 15) is 9.59 Å². The van der Waals surface area contributed by atoms with E-state index >= 15 is 0 Å². The van der Waals surface area contributed by atoms with Crippen LogP contribution >= 0.6 is 0 Å². The normalized spacial score (nSPS) is 16.2. The molecule has 1 heterocycles. The highest BCUT2D eigenvalue weighted by Crippen LogP contribution is 2.30. The number of rotatable bonds is 7. The van der Waals surface area contributed by atoms with E-state index in [1.165, 1.54) is 11.3 Å². The van der Waals surface area contributed by atoms with Crippen molar-refractivity contribution in [3.8, 4) is 0 Å². The molecule has 0 radical (unpaired) electrons. The molecule has 0 fully saturated rings. The van der Waals surface area contributed by atoms with Crippen molar-refractivity contribution in [3.05, 3.63) is 88.7 Å². The minimum atomic E-state index is -0.609. The second-order valence-electron chi connectivity index (χ2n) is 9.21. The van der Waals surface area contributed by atoms with E-state index in [0.29, 0.717) is 5.56 Å². The topological polar surface area (TPSA) is 76.0 Å². The van der Waals surface area contributed by atoms with Gasteiger partial charge in [-0.25, -0.2) is 0 Å². The molecule has 0 saturated carbocycles. The molecule has 172 valence electrons. The summed E-state index contributed by atoms with van der Waals surface area (Å²) in [6.45, 7) is 6.57. The van der Waals surface area contributed by atoms with Crippen LogP contribution in [0.5, 0.6) is 0 Å². The smallest absolute Gasteiger partial charge is 0.251 e. The van der Waals surface area contributed by atoms with E-state index in [1.807, 2.05) is 68.0 Å². The van der Waals surface area contributed by atoms with Crippen LogP contribution in [0.1, 0.15) is 65.5 Å². The first-order chi connectivity index (χ1) is 15.9. The van der Waals surface area contributed by atoms with Gasteiger partial charge < -0.3 is 10.6 Å². The van der Waals surface area contributed by atoms with E-state index in [2.05, 4.69) is 27.9 Å². The van der Waals surface area contributed by atoms with Gasteiger partial charge in [0.25, 0.3) is 5.91 Å². The van der Waals surface area contributed by atoms with Crippen LogP contribution in [0, 0.1) is 12.8 Å². The number of benzene rings is 2. The average molecular weight is 445 g/mol. The highest BCUT2D eigenvalue weighted by atomic mass is 16.2. The van der Waals surface area contributed by atoms with Crippen LogP contribution in [0.15, 0.2) is 60.8 Å². The van der Waals surface area contributed by atoms with Crippen LogP contribution in [-0.2, 0) is 17.8 Å². The number of hydrogen-bond donors (Lipinski definition) is 2. The molecule has 0 bridgehead atoms. The van der Waals surface area contributed by atoms with E-state index in [0.717, 1.165) is 36.9 Å². The van der Waals surface area contributed by atoms with Crippen molar-refractivity contribution in [2.45, 2.75) is 58.7 Å². The maximum absolute atomic E-state index is 13.2. The third-order valence-corrected chi connectivity index (χ3v) is 6.27. The van der Waals surface area contributed by atoms with Crippen molar-refractivity contribution >= 4 is 11.8 Å². The van der Waals surface area contributed by atoms with Gasteiger partial charge in [-0.2, -0.15) is 5.10 Å². The molecule has 33 heavy (non-hydrogen) atoms.